The lowest BCUT2D eigenvalue weighted by atomic mass is 10.2. The Morgan fingerprint density at radius 3 is 2.61 bits per heavy atom. The molecule has 92 valence electrons. The highest BCUT2D eigenvalue weighted by atomic mass is 16.5. The van der Waals surface area contributed by atoms with Gasteiger partial charge in [-0.1, -0.05) is 6.07 Å². The third kappa shape index (κ3) is 1.70. The van der Waals surface area contributed by atoms with E-state index in [2.05, 4.69) is 6.07 Å². The van der Waals surface area contributed by atoms with Crippen LogP contribution in [0.25, 0.3) is 5.69 Å². The number of methoxy groups -OCH3 is 1. The van der Waals surface area contributed by atoms with Gasteiger partial charge >= 0.3 is 0 Å². The van der Waals surface area contributed by atoms with Crippen molar-refractivity contribution in [3.05, 3.63) is 41.1 Å². The average molecular weight is 241 g/mol. The molecular weight excluding hydrogens is 226 g/mol. The van der Waals surface area contributed by atoms with Gasteiger partial charge in [-0.25, -0.2) is 0 Å². The number of nitriles is 1. The third-order valence-corrected chi connectivity index (χ3v) is 3.17. The van der Waals surface area contributed by atoms with Crippen molar-refractivity contribution < 1.29 is 4.74 Å². The van der Waals surface area contributed by atoms with E-state index in [0.717, 1.165) is 22.7 Å². The lowest BCUT2D eigenvalue weighted by molar-refractivity contribution is 0.414. The van der Waals surface area contributed by atoms with Crippen molar-refractivity contribution in [3.63, 3.8) is 0 Å². The largest absolute Gasteiger partial charge is 0.497 e. The Morgan fingerprint density at radius 1 is 1.33 bits per heavy atom. The van der Waals surface area contributed by atoms with Gasteiger partial charge in [-0.05, 0) is 31.5 Å². The van der Waals surface area contributed by atoms with Gasteiger partial charge in [-0.2, -0.15) is 5.26 Å². The van der Waals surface area contributed by atoms with Crippen molar-refractivity contribution in [2.75, 3.05) is 12.8 Å². The number of benzene rings is 1. The Morgan fingerprint density at radius 2 is 2.06 bits per heavy atom. The summed E-state index contributed by atoms with van der Waals surface area (Å²) >= 11 is 0. The number of hydrogen-bond acceptors (Lipinski definition) is 3. The van der Waals surface area contributed by atoms with Crippen LogP contribution in [0.5, 0.6) is 5.75 Å². The number of anilines is 1. The summed E-state index contributed by atoms with van der Waals surface area (Å²) in [5.41, 5.74) is 9.36. The van der Waals surface area contributed by atoms with Gasteiger partial charge in [0, 0.05) is 11.8 Å². The second-order valence-corrected chi connectivity index (χ2v) is 4.12. The zero-order chi connectivity index (χ0) is 13.3. The van der Waals surface area contributed by atoms with Crippen LogP contribution >= 0.6 is 0 Å². The molecule has 1 aromatic carbocycles. The number of nitrogens with two attached hydrogens (primary N) is 1. The molecule has 0 aliphatic rings. The molecule has 0 radical (unpaired) electrons. The van der Waals surface area contributed by atoms with E-state index in [9.17, 15) is 0 Å². The van der Waals surface area contributed by atoms with E-state index in [-0.39, 0.29) is 0 Å². The molecule has 1 heterocycles. The van der Waals surface area contributed by atoms with E-state index in [1.807, 2.05) is 42.7 Å². The Labute approximate surface area is 106 Å². The molecule has 0 fully saturated rings. The fraction of sp³-hybridized carbons (Fsp3) is 0.214. The first-order valence-electron chi connectivity index (χ1n) is 5.62. The molecule has 1 aromatic heterocycles. The lowest BCUT2D eigenvalue weighted by Crippen LogP contribution is -2.02. The Kier molecular flexibility index (Phi) is 2.99. The van der Waals surface area contributed by atoms with E-state index < -0.39 is 0 Å². The molecule has 2 aromatic rings. The van der Waals surface area contributed by atoms with Crippen LogP contribution in [0.15, 0.2) is 24.3 Å². The number of rotatable bonds is 2. The number of aromatic nitrogens is 1. The third-order valence-electron chi connectivity index (χ3n) is 3.17. The lowest BCUT2D eigenvalue weighted by Gasteiger charge is -2.10. The summed E-state index contributed by atoms with van der Waals surface area (Å²) < 4.78 is 7.07. The van der Waals surface area contributed by atoms with Crippen molar-refractivity contribution >= 4 is 5.82 Å². The molecule has 0 saturated carbocycles. The molecule has 4 heteroatoms. The molecule has 0 saturated heterocycles. The molecule has 0 spiro atoms. The van der Waals surface area contributed by atoms with Crippen molar-refractivity contribution in [3.8, 4) is 17.5 Å². The van der Waals surface area contributed by atoms with Gasteiger partial charge in [0.25, 0.3) is 0 Å². The highest BCUT2D eigenvalue weighted by molar-refractivity contribution is 5.62. The fourth-order valence-electron chi connectivity index (χ4n) is 2.06. The fourth-order valence-corrected chi connectivity index (χ4v) is 2.06. The maximum absolute atomic E-state index is 9.12. The number of nitrogens with zero attached hydrogens (tertiary/aromatic N) is 2. The van der Waals surface area contributed by atoms with Gasteiger partial charge in [0.2, 0.25) is 0 Å². The quantitative estimate of drug-likeness (QED) is 0.878. The van der Waals surface area contributed by atoms with Crippen molar-refractivity contribution in [2.24, 2.45) is 0 Å². The SMILES string of the molecule is COc1cccc(-n2c(C)c(C)c(C#N)c2N)c1. The van der Waals surface area contributed by atoms with Gasteiger partial charge in [-0.15, -0.1) is 0 Å². The molecular formula is C14H15N3O. The summed E-state index contributed by atoms with van der Waals surface area (Å²) in [5.74, 6) is 1.23. The maximum atomic E-state index is 9.12. The standard InChI is InChI=1S/C14H15N3O/c1-9-10(2)17(14(16)13(9)8-15)11-5-4-6-12(7-11)18-3/h4-7H,16H2,1-3H3. The summed E-state index contributed by atoms with van der Waals surface area (Å²) in [6, 6.07) is 9.74. The maximum Gasteiger partial charge on any atom is 0.126 e. The summed E-state index contributed by atoms with van der Waals surface area (Å²) in [7, 11) is 1.62. The topological polar surface area (TPSA) is 64.0 Å². The van der Waals surface area contributed by atoms with Crippen LogP contribution in [0, 0.1) is 25.2 Å². The molecule has 0 bridgehead atoms. The van der Waals surface area contributed by atoms with E-state index in [1.165, 1.54) is 0 Å². The molecule has 0 atom stereocenters. The normalized spacial score (nSPS) is 10.1. The van der Waals surface area contributed by atoms with Crippen LogP contribution < -0.4 is 10.5 Å². The van der Waals surface area contributed by atoms with Crippen LogP contribution in [0.1, 0.15) is 16.8 Å². The number of ether oxygens (including phenoxy) is 1. The van der Waals surface area contributed by atoms with Crippen molar-refractivity contribution in [1.29, 1.82) is 5.26 Å². The van der Waals surface area contributed by atoms with Crippen LogP contribution in [-0.2, 0) is 0 Å². The van der Waals surface area contributed by atoms with Gasteiger partial charge in [0.05, 0.1) is 18.4 Å². The van der Waals surface area contributed by atoms with Crippen molar-refractivity contribution in [1.82, 2.24) is 4.57 Å². The molecule has 2 rings (SSSR count). The predicted molar refractivity (Wildman–Crippen MR) is 70.9 cm³/mol. The van der Waals surface area contributed by atoms with Crippen LogP contribution in [-0.4, -0.2) is 11.7 Å². The Hall–Kier alpha value is -2.41. The molecule has 18 heavy (non-hydrogen) atoms. The zero-order valence-electron chi connectivity index (χ0n) is 10.7. The van der Waals surface area contributed by atoms with Crippen LogP contribution in [0.4, 0.5) is 5.82 Å². The first-order valence-corrected chi connectivity index (χ1v) is 5.62. The average Bonchev–Trinajstić information content (AvgIpc) is 2.60. The minimum atomic E-state index is 0.473. The molecule has 0 aliphatic heterocycles. The molecule has 0 amide bonds. The highest BCUT2D eigenvalue weighted by Crippen LogP contribution is 2.28. The van der Waals surface area contributed by atoms with Gasteiger partial charge in [-0.3, -0.25) is 4.57 Å². The smallest absolute Gasteiger partial charge is 0.126 e. The molecule has 2 N–H and O–H groups in total. The summed E-state index contributed by atoms with van der Waals surface area (Å²) in [5, 5.41) is 9.12. The first-order chi connectivity index (χ1) is 8.60. The van der Waals surface area contributed by atoms with E-state index >= 15 is 0 Å². The Bertz CT molecular complexity index is 635. The monoisotopic (exact) mass is 241 g/mol. The first kappa shape index (κ1) is 12.1. The Balaban J connectivity index is 2.68. The summed E-state index contributed by atoms with van der Waals surface area (Å²) in [6.45, 7) is 3.85. The van der Waals surface area contributed by atoms with Crippen LogP contribution in [0.3, 0.4) is 0 Å². The number of hydrogen-bond donors (Lipinski definition) is 1. The molecule has 0 unspecified atom stereocenters. The second kappa shape index (κ2) is 4.46. The zero-order valence-corrected chi connectivity index (χ0v) is 10.7. The molecule has 4 nitrogen and oxygen atoms in total. The minimum Gasteiger partial charge on any atom is -0.497 e. The predicted octanol–water partition coefficient (Wildman–Crippen LogP) is 2.56. The van der Waals surface area contributed by atoms with Gasteiger partial charge in [0.1, 0.15) is 17.6 Å². The van der Waals surface area contributed by atoms with Crippen molar-refractivity contribution in [2.45, 2.75) is 13.8 Å². The summed E-state index contributed by atoms with van der Waals surface area (Å²) in [4.78, 5) is 0. The van der Waals surface area contributed by atoms with E-state index in [1.54, 1.807) is 7.11 Å². The van der Waals surface area contributed by atoms with Gasteiger partial charge < -0.3 is 10.5 Å². The van der Waals surface area contributed by atoms with E-state index in [0.29, 0.717) is 11.4 Å². The van der Waals surface area contributed by atoms with E-state index in [4.69, 9.17) is 15.7 Å². The summed E-state index contributed by atoms with van der Waals surface area (Å²) in [6.07, 6.45) is 0. The number of nitrogen functional groups attached to an aromatic ring is 1. The van der Waals surface area contributed by atoms with Crippen LogP contribution in [0.2, 0.25) is 0 Å². The van der Waals surface area contributed by atoms with Gasteiger partial charge in [0.15, 0.2) is 0 Å². The highest BCUT2D eigenvalue weighted by Gasteiger charge is 2.16. The second-order valence-electron chi connectivity index (χ2n) is 4.12. The molecule has 0 aliphatic carbocycles. The minimum absolute atomic E-state index is 0.473.